The SMILES string of the molecule is C/C=C\c1oc2ccc3c(c2c1/C=C\C)n1c2ccccc2nc1n3-c1ccccn1. The lowest BCUT2D eigenvalue weighted by Gasteiger charge is -2.03. The van der Waals surface area contributed by atoms with Gasteiger partial charge in [0, 0.05) is 11.8 Å². The van der Waals surface area contributed by atoms with Gasteiger partial charge >= 0.3 is 0 Å². The Labute approximate surface area is 178 Å². The molecule has 4 aromatic heterocycles. The number of rotatable bonds is 3. The number of allylic oxidation sites excluding steroid dienone is 2. The maximum absolute atomic E-state index is 6.26. The number of pyridine rings is 1. The van der Waals surface area contributed by atoms with E-state index in [1.165, 1.54) is 0 Å². The van der Waals surface area contributed by atoms with Crippen molar-refractivity contribution in [2.45, 2.75) is 13.8 Å². The monoisotopic (exact) mass is 404 g/mol. The fourth-order valence-electron chi connectivity index (χ4n) is 4.42. The number of para-hydroxylation sites is 2. The molecule has 0 radical (unpaired) electrons. The van der Waals surface area contributed by atoms with Crippen LogP contribution in [0.25, 0.3) is 56.8 Å². The molecular formula is C26H20N4O. The maximum Gasteiger partial charge on any atom is 0.221 e. The molecule has 0 aliphatic carbocycles. The van der Waals surface area contributed by atoms with E-state index in [4.69, 9.17) is 9.40 Å². The summed E-state index contributed by atoms with van der Waals surface area (Å²) in [5.74, 6) is 2.52. The summed E-state index contributed by atoms with van der Waals surface area (Å²) >= 11 is 0. The Balaban J connectivity index is 1.91. The third kappa shape index (κ3) is 2.43. The van der Waals surface area contributed by atoms with Gasteiger partial charge in [-0.05, 0) is 56.3 Å². The lowest BCUT2D eigenvalue weighted by molar-refractivity contribution is 0.603. The number of hydrogen-bond donors (Lipinski definition) is 0. The molecule has 31 heavy (non-hydrogen) atoms. The summed E-state index contributed by atoms with van der Waals surface area (Å²) in [6, 6.07) is 18.3. The molecule has 0 aliphatic heterocycles. The Hall–Kier alpha value is -4.12. The normalized spacial score (nSPS) is 12.6. The van der Waals surface area contributed by atoms with E-state index in [2.05, 4.69) is 38.2 Å². The number of hydrogen-bond acceptors (Lipinski definition) is 3. The van der Waals surface area contributed by atoms with Crippen LogP contribution in [0.1, 0.15) is 25.2 Å². The van der Waals surface area contributed by atoms with Gasteiger partial charge in [-0.1, -0.05) is 36.4 Å². The minimum atomic E-state index is 0.835. The largest absolute Gasteiger partial charge is 0.456 e. The number of furan rings is 1. The van der Waals surface area contributed by atoms with Crippen molar-refractivity contribution in [2.75, 3.05) is 0 Å². The van der Waals surface area contributed by atoms with Gasteiger partial charge in [-0.3, -0.25) is 8.97 Å². The Bertz CT molecular complexity index is 1650. The molecule has 0 fully saturated rings. The molecule has 5 nitrogen and oxygen atoms in total. The predicted octanol–water partition coefficient (Wildman–Crippen LogP) is 6.64. The molecule has 0 saturated carbocycles. The van der Waals surface area contributed by atoms with Crippen molar-refractivity contribution in [2.24, 2.45) is 0 Å². The molecule has 0 spiro atoms. The van der Waals surface area contributed by atoms with Crippen LogP contribution in [0.3, 0.4) is 0 Å². The van der Waals surface area contributed by atoms with Crippen LogP contribution in [0.15, 0.2) is 77.4 Å². The van der Waals surface area contributed by atoms with E-state index in [0.29, 0.717) is 0 Å². The third-order valence-electron chi connectivity index (χ3n) is 5.61. The van der Waals surface area contributed by atoms with E-state index in [1.54, 1.807) is 0 Å². The van der Waals surface area contributed by atoms with Gasteiger partial charge in [-0.15, -0.1) is 0 Å². The fourth-order valence-corrected chi connectivity index (χ4v) is 4.42. The minimum Gasteiger partial charge on any atom is -0.456 e. The first-order valence-electron chi connectivity index (χ1n) is 10.4. The second-order valence-electron chi connectivity index (χ2n) is 7.45. The summed E-state index contributed by atoms with van der Waals surface area (Å²) in [6.45, 7) is 4.03. The zero-order chi connectivity index (χ0) is 20.9. The molecule has 0 saturated heterocycles. The van der Waals surface area contributed by atoms with Crippen molar-refractivity contribution < 1.29 is 4.42 Å². The second-order valence-corrected chi connectivity index (χ2v) is 7.45. The smallest absolute Gasteiger partial charge is 0.221 e. The first-order valence-corrected chi connectivity index (χ1v) is 10.4. The molecule has 0 N–H and O–H groups in total. The Morgan fingerprint density at radius 3 is 2.52 bits per heavy atom. The number of fused-ring (bicyclic) bond motifs is 7. The van der Waals surface area contributed by atoms with E-state index >= 15 is 0 Å². The molecule has 150 valence electrons. The van der Waals surface area contributed by atoms with Crippen LogP contribution in [0.2, 0.25) is 0 Å². The van der Waals surface area contributed by atoms with Gasteiger partial charge in [0.1, 0.15) is 17.2 Å². The maximum atomic E-state index is 6.26. The zero-order valence-electron chi connectivity index (χ0n) is 17.3. The second kappa shape index (κ2) is 6.71. The molecule has 0 unspecified atom stereocenters. The predicted molar refractivity (Wildman–Crippen MR) is 127 cm³/mol. The number of nitrogens with zero attached hydrogens (tertiary/aromatic N) is 4. The van der Waals surface area contributed by atoms with Gasteiger partial charge in [-0.2, -0.15) is 0 Å². The van der Waals surface area contributed by atoms with Gasteiger partial charge < -0.3 is 4.42 Å². The molecule has 0 atom stereocenters. The van der Waals surface area contributed by atoms with E-state index in [9.17, 15) is 0 Å². The number of aromatic nitrogens is 4. The van der Waals surface area contributed by atoms with Crippen LogP contribution >= 0.6 is 0 Å². The molecule has 0 aliphatic rings. The van der Waals surface area contributed by atoms with Gasteiger partial charge in [-0.25, -0.2) is 9.97 Å². The molecule has 0 bridgehead atoms. The topological polar surface area (TPSA) is 48.3 Å². The molecule has 5 heteroatoms. The van der Waals surface area contributed by atoms with Gasteiger partial charge in [0.25, 0.3) is 0 Å². The van der Waals surface area contributed by atoms with Crippen molar-refractivity contribution in [1.29, 1.82) is 0 Å². The van der Waals surface area contributed by atoms with E-state index in [-0.39, 0.29) is 0 Å². The molecular weight excluding hydrogens is 384 g/mol. The van der Waals surface area contributed by atoms with Crippen molar-refractivity contribution in [3.63, 3.8) is 0 Å². The molecule has 6 rings (SSSR count). The lowest BCUT2D eigenvalue weighted by Crippen LogP contribution is -1.97. The highest BCUT2D eigenvalue weighted by Crippen LogP contribution is 2.38. The highest BCUT2D eigenvalue weighted by molar-refractivity contribution is 6.11. The Morgan fingerprint density at radius 1 is 0.871 bits per heavy atom. The standard InChI is InChI=1S/C26H20N4O/c1-3-9-17-21(10-4-2)31-22-15-14-20-25(24(17)22)30-19-12-6-5-11-18(19)28-26(30)29(20)23-13-7-8-16-27-23/h3-16H,1-2H3/b9-3-,10-4-. The van der Waals surface area contributed by atoms with Gasteiger partial charge in [0.2, 0.25) is 5.78 Å². The van der Waals surface area contributed by atoms with E-state index in [0.717, 1.165) is 56.0 Å². The van der Waals surface area contributed by atoms with Crippen molar-refractivity contribution in [3.8, 4) is 5.82 Å². The average molecular weight is 404 g/mol. The highest BCUT2D eigenvalue weighted by atomic mass is 16.3. The van der Waals surface area contributed by atoms with Crippen LogP contribution in [0.5, 0.6) is 0 Å². The molecule has 4 heterocycles. The van der Waals surface area contributed by atoms with Crippen LogP contribution < -0.4 is 0 Å². The molecule has 0 amide bonds. The van der Waals surface area contributed by atoms with Crippen LogP contribution in [0, 0.1) is 0 Å². The first kappa shape index (κ1) is 17.7. The van der Waals surface area contributed by atoms with Gasteiger partial charge in [0.15, 0.2) is 0 Å². The summed E-state index contributed by atoms with van der Waals surface area (Å²) in [5.41, 5.74) is 6.04. The number of benzene rings is 2. The highest BCUT2D eigenvalue weighted by Gasteiger charge is 2.23. The lowest BCUT2D eigenvalue weighted by atomic mass is 10.1. The first-order chi connectivity index (χ1) is 15.3. The number of imidazole rings is 2. The van der Waals surface area contributed by atoms with Crippen LogP contribution in [-0.2, 0) is 0 Å². The Morgan fingerprint density at radius 2 is 1.71 bits per heavy atom. The molecule has 2 aromatic carbocycles. The summed E-state index contributed by atoms with van der Waals surface area (Å²) < 4.78 is 10.6. The summed E-state index contributed by atoms with van der Waals surface area (Å²) in [7, 11) is 0. The zero-order valence-corrected chi connectivity index (χ0v) is 17.3. The third-order valence-corrected chi connectivity index (χ3v) is 5.61. The Kier molecular flexibility index (Phi) is 3.83. The van der Waals surface area contributed by atoms with Crippen molar-refractivity contribution in [1.82, 2.24) is 18.9 Å². The van der Waals surface area contributed by atoms with Crippen molar-refractivity contribution in [3.05, 3.63) is 84.3 Å². The minimum absolute atomic E-state index is 0.835. The average Bonchev–Trinajstić information content (AvgIpc) is 3.43. The molecule has 6 aromatic rings. The fraction of sp³-hybridized carbons (Fsp3) is 0.0769. The van der Waals surface area contributed by atoms with E-state index < -0.39 is 0 Å². The summed E-state index contributed by atoms with van der Waals surface area (Å²) in [5, 5.41) is 1.08. The summed E-state index contributed by atoms with van der Waals surface area (Å²) in [4.78, 5) is 9.60. The van der Waals surface area contributed by atoms with Crippen molar-refractivity contribution >= 4 is 51.0 Å². The van der Waals surface area contributed by atoms with E-state index in [1.807, 2.05) is 74.7 Å². The summed E-state index contributed by atoms with van der Waals surface area (Å²) in [6.07, 6.45) is 9.99. The van der Waals surface area contributed by atoms with Gasteiger partial charge in [0.05, 0.1) is 27.5 Å². The van der Waals surface area contributed by atoms with Crippen LogP contribution in [-0.4, -0.2) is 18.9 Å². The quantitative estimate of drug-likeness (QED) is 0.332. The van der Waals surface area contributed by atoms with Crippen LogP contribution in [0.4, 0.5) is 0 Å².